The molecule has 2 aromatic rings. The molecular formula is C18H24N4O3. The predicted molar refractivity (Wildman–Crippen MR) is 94.8 cm³/mol. The lowest BCUT2D eigenvalue weighted by Gasteiger charge is -2.26. The standard InChI is InChI=1S/C18H24N4O3/c1-2-25-17-6-4-3-5-14(17)15-13-16(21-20-15)18(23)19-7-8-22-9-11-24-12-10-22/h3-6,13H,2,7-12H2,1H3,(H,19,23)(H,20,21). The van der Waals surface area contributed by atoms with Crippen LogP contribution in [-0.2, 0) is 4.74 Å². The van der Waals surface area contributed by atoms with Gasteiger partial charge in [-0.25, -0.2) is 0 Å². The molecule has 0 atom stereocenters. The molecule has 0 radical (unpaired) electrons. The number of benzene rings is 1. The molecule has 1 saturated heterocycles. The molecule has 0 unspecified atom stereocenters. The third kappa shape index (κ3) is 4.58. The molecule has 25 heavy (non-hydrogen) atoms. The molecule has 134 valence electrons. The Labute approximate surface area is 147 Å². The van der Waals surface area contributed by atoms with Crippen LogP contribution in [0.3, 0.4) is 0 Å². The first kappa shape index (κ1) is 17.4. The zero-order valence-electron chi connectivity index (χ0n) is 14.5. The highest BCUT2D eigenvalue weighted by atomic mass is 16.5. The number of hydrogen-bond donors (Lipinski definition) is 2. The van der Waals surface area contributed by atoms with Gasteiger partial charge in [-0.3, -0.25) is 14.8 Å². The van der Waals surface area contributed by atoms with Gasteiger partial charge < -0.3 is 14.8 Å². The van der Waals surface area contributed by atoms with Crippen LogP contribution in [0.5, 0.6) is 5.75 Å². The Hall–Kier alpha value is -2.38. The number of nitrogens with one attached hydrogen (secondary N) is 2. The van der Waals surface area contributed by atoms with Crippen molar-refractivity contribution in [2.75, 3.05) is 46.0 Å². The summed E-state index contributed by atoms with van der Waals surface area (Å²) in [5.74, 6) is 0.608. The summed E-state index contributed by atoms with van der Waals surface area (Å²) < 4.78 is 10.9. The normalized spacial score (nSPS) is 15.1. The molecule has 1 aliphatic rings. The Bertz CT molecular complexity index is 695. The Balaban J connectivity index is 1.58. The number of H-pyrrole nitrogens is 1. The van der Waals surface area contributed by atoms with E-state index in [1.165, 1.54) is 0 Å². The molecule has 1 aromatic carbocycles. The number of amides is 1. The second-order valence-corrected chi connectivity index (χ2v) is 5.81. The smallest absolute Gasteiger partial charge is 0.269 e. The number of nitrogens with zero attached hydrogens (tertiary/aromatic N) is 2. The highest BCUT2D eigenvalue weighted by Gasteiger charge is 2.14. The van der Waals surface area contributed by atoms with Crippen LogP contribution in [0, 0.1) is 0 Å². The van der Waals surface area contributed by atoms with E-state index in [1.54, 1.807) is 6.07 Å². The van der Waals surface area contributed by atoms with Gasteiger partial charge in [-0.05, 0) is 25.1 Å². The van der Waals surface area contributed by atoms with Crippen LogP contribution in [0.25, 0.3) is 11.3 Å². The van der Waals surface area contributed by atoms with Crippen molar-refractivity contribution in [1.29, 1.82) is 0 Å². The fourth-order valence-corrected chi connectivity index (χ4v) is 2.78. The third-order valence-electron chi connectivity index (χ3n) is 4.10. The molecule has 0 bridgehead atoms. The van der Waals surface area contributed by atoms with Crippen molar-refractivity contribution in [3.05, 3.63) is 36.0 Å². The summed E-state index contributed by atoms with van der Waals surface area (Å²) in [6.45, 7) is 7.29. The van der Waals surface area contributed by atoms with Gasteiger partial charge in [-0.15, -0.1) is 0 Å². The van der Waals surface area contributed by atoms with Crippen LogP contribution >= 0.6 is 0 Å². The maximum atomic E-state index is 12.3. The van der Waals surface area contributed by atoms with Crippen LogP contribution in [0.2, 0.25) is 0 Å². The van der Waals surface area contributed by atoms with E-state index >= 15 is 0 Å². The van der Waals surface area contributed by atoms with E-state index in [9.17, 15) is 4.79 Å². The van der Waals surface area contributed by atoms with Crippen LogP contribution in [-0.4, -0.2) is 67.0 Å². The second kappa shape index (κ2) is 8.64. The first-order valence-corrected chi connectivity index (χ1v) is 8.64. The van der Waals surface area contributed by atoms with Gasteiger partial charge in [0.05, 0.1) is 25.5 Å². The summed E-state index contributed by atoms with van der Waals surface area (Å²) >= 11 is 0. The number of hydrogen-bond acceptors (Lipinski definition) is 5. The summed E-state index contributed by atoms with van der Waals surface area (Å²) in [5, 5.41) is 9.99. The molecule has 1 aromatic heterocycles. The molecular weight excluding hydrogens is 320 g/mol. The molecule has 1 aliphatic heterocycles. The topological polar surface area (TPSA) is 79.5 Å². The molecule has 7 nitrogen and oxygen atoms in total. The zero-order valence-corrected chi connectivity index (χ0v) is 14.5. The van der Waals surface area contributed by atoms with Gasteiger partial charge in [-0.1, -0.05) is 12.1 Å². The van der Waals surface area contributed by atoms with Gasteiger partial charge in [0.1, 0.15) is 11.4 Å². The lowest BCUT2D eigenvalue weighted by Crippen LogP contribution is -2.41. The highest BCUT2D eigenvalue weighted by Crippen LogP contribution is 2.28. The molecule has 0 spiro atoms. The largest absolute Gasteiger partial charge is 0.493 e. The van der Waals surface area contributed by atoms with E-state index in [1.807, 2.05) is 31.2 Å². The molecule has 0 aliphatic carbocycles. The summed E-state index contributed by atoms with van der Waals surface area (Å²) in [7, 11) is 0. The number of carbonyl (C=O) groups is 1. The van der Waals surface area contributed by atoms with E-state index in [4.69, 9.17) is 9.47 Å². The lowest BCUT2D eigenvalue weighted by atomic mass is 10.1. The molecule has 3 rings (SSSR count). The van der Waals surface area contributed by atoms with E-state index in [0.717, 1.165) is 44.2 Å². The summed E-state index contributed by atoms with van der Waals surface area (Å²) in [6, 6.07) is 9.42. The van der Waals surface area contributed by atoms with E-state index in [0.29, 0.717) is 24.5 Å². The average Bonchev–Trinajstić information content (AvgIpc) is 3.13. The minimum absolute atomic E-state index is 0.152. The Morgan fingerprint density at radius 3 is 2.96 bits per heavy atom. The van der Waals surface area contributed by atoms with Gasteiger partial charge in [0, 0.05) is 31.7 Å². The fraction of sp³-hybridized carbons (Fsp3) is 0.444. The first-order chi connectivity index (χ1) is 12.3. The summed E-state index contributed by atoms with van der Waals surface area (Å²) in [5.41, 5.74) is 2.01. The fourth-order valence-electron chi connectivity index (χ4n) is 2.78. The number of rotatable bonds is 7. The van der Waals surface area contributed by atoms with Crippen molar-refractivity contribution in [1.82, 2.24) is 20.4 Å². The SMILES string of the molecule is CCOc1ccccc1-c1cc(C(=O)NCCN2CCOCC2)[nH]n1. The Kier molecular flexibility index (Phi) is 6.03. The minimum atomic E-state index is -0.152. The van der Waals surface area contributed by atoms with Crippen molar-refractivity contribution in [2.45, 2.75) is 6.92 Å². The number of carbonyl (C=O) groups excluding carboxylic acids is 1. The van der Waals surface area contributed by atoms with Gasteiger partial charge in [0.15, 0.2) is 0 Å². The van der Waals surface area contributed by atoms with Crippen molar-refractivity contribution < 1.29 is 14.3 Å². The van der Waals surface area contributed by atoms with Crippen molar-refractivity contribution >= 4 is 5.91 Å². The van der Waals surface area contributed by atoms with Crippen LogP contribution in [0.4, 0.5) is 0 Å². The van der Waals surface area contributed by atoms with Gasteiger partial charge in [0.25, 0.3) is 5.91 Å². The summed E-state index contributed by atoms with van der Waals surface area (Å²) in [4.78, 5) is 14.6. The molecule has 2 N–H and O–H groups in total. The number of para-hydroxylation sites is 1. The van der Waals surface area contributed by atoms with Crippen molar-refractivity contribution in [2.24, 2.45) is 0 Å². The van der Waals surface area contributed by atoms with Crippen LogP contribution < -0.4 is 10.1 Å². The van der Waals surface area contributed by atoms with Gasteiger partial charge >= 0.3 is 0 Å². The Morgan fingerprint density at radius 2 is 2.16 bits per heavy atom. The van der Waals surface area contributed by atoms with E-state index in [-0.39, 0.29) is 5.91 Å². The van der Waals surface area contributed by atoms with Crippen LogP contribution in [0.1, 0.15) is 17.4 Å². The van der Waals surface area contributed by atoms with Crippen LogP contribution in [0.15, 0.2) is 30.3 Å². The zero-order chi connectivity index (χ0) is 17.5. The molecule has 1 amide bonds. The number of morpholine rings is 1. The van der Waals surface area contributed by atoms with Gasteiger partial charge in [0.2, 0.25) is 0 Å². The highest BCUT2D eigenvalue weighted by molar-refractivity contribution is 5.93. The summed E-state index contributed by atoms with van der Waals surface area (Å²) in [6.07, 6.45) is 0. The van der Waals surface area contributed by atoms with Crippen molar-refractivity contribution in [3.8, 4) is 17.0 Å². The van der Waals surface area contributed by atoms with E-state index < -0.39 is 0 Å². The average molecular weight is 344 g/mol. The second-order valence-electron chi connectivity index (χ2n) is 5.81. The minimum Gasteiger partial charge on any atom is -0.493 e. The molecule has 7 heteroatoms. The third-order valence-corrected chi connectivity index (χ3v) is 4.10. The molecule has 0 saturated carbocycles. The molecule has 2 heterocycles. The first-order valence-electron chi connectivity index (χ1n) is 8.64. The Morgan fingerprint density at radius 1 is 1.36 bits per heavy atom. The number of ether oxygens (including phenoxy) is 2. The number of aromatic amines is 1. The maximum Gasteiger partial charge on any atom is 0.269 e. The lowest BCUT2D eigenvalue weighted by molar-refractivity contribution is 0.0383. The maximum absolute atomic E-state index is 12.3. The van der Waals surface area contributed by atoms with Gasteiger partial charge in [-0.2, -0.15) is 5.10 Å². The molecule has 1 fully saturated rings. The number of aromatic nitrogens is 2. The quantitative estimate of drug-likeness (QED) is 0.796. The predicted octanol–water partition coefficient (Wildman–Crippen LogP) is 1.54. The monoisotopic (exact) mass is 344 g/mol. The van der Waals surface area contributed by atoms with Crippen molar-refractivity contribution in [3.63, 3.8) is 0 Å². The van der Waals surface area contributed by atoms with E-state index in [2.05, 4.69) is 20.4 Å².